The topological polar surface area (TPSA) is 57.2 Å². The van der Waals surface area contributed by atoms with Crippen LogP contribution in [0, 0.1) is 11.7 Å². The van der Waals surface area contributed by atoms with Crippen molar-refractivity contribution in [2.24, 2.45) is 5.92 Å². The molecule has 2 aliphatic heterocycles. The van der Waals surface area contributed by atoms with Gasteiger partial charge in [-0.05, 0) is 157 Å². The smallest absolute Gasteiger partial charge is 0.343 e. The number of rotatable bonds is 14. The summed E-state index contributed by atoms with van der Waals surface area (Å²) in [6, 6.07) is 44.2. The molecule has 0 bridgehead atoms. The fourth-order valence-corrected chi connectivity index (χ4v) is 12.6. The van der Waals surface area contributed by atoms with Crippen molar-refractivity contribution in [1.82, 2.24) is 0 Å². The molecule has 1 saturated carbocycles. The van der Waals surface area contributed by atoms with Gasteiger partial charge in [-0.1, -0.05) is 131 Å². The van der Waals surface area contributed by atoms with Crippen LogP contribution in [0.2, 0.25) is 0 Å². The number of hydrogen-bond donors (Lipinski definition) is 0. The lowest BCUT2D eigenvalue weighted by atomic mass is 9.77. The second-order valence-corrected chi connectivity index (χ2v) is 20.5. The van der Waals surface area contributed by atoms with E-state index in [1.165, 1.54) is 94.0 Å². The molecule has 0 aromatic heterocycles. The first-order chi connectivity index (χ1) is 35.3. The average Bonchev–Trinajstić information content (AvgIpc) is 3.74. The van der Waals surface area contributed by atoms with Crippen LogP contribution in [-0.2, 0) is 15.9 Å². The molecule has 7 aromatic rings. The number of benzene rings is 7. The van der Waals surface area contributed by atoms with E-state index >= 15 is 0 Å². The molecule has 11 rings (SSSR count). The number of methoxy groups -OCH3 is 2. The number of anilines is 1. The van der Waals surface area contributed by atoms with Crippen LogP contribution in [-0.4, -0.2) is 33.3 Å². The molecular weight excluding hydrogens is 894 g/mol. The maximum Gasteiger partial charge on any atom is 0.343 e. The van der Waals surface area contributed by atoms with Crippen molar-refractivity contribution < 1.29 is 28.1 Å². The Bertz CT molecular complexity index is 3110. The molecule has 2 fully saturated rings. The number of hydrogen-bond acceptors (Lipinski definition) is 6. The fraction of sp³-hybridized carbons (Fsp3) is 0.338. The summed E-state index contributed by atoms with van der Waals surface area (Å²) in [7, 11) is 3.36. The van der Waals surface area contributed by atoms with Crippen LogP contribution in [0.4, 0.5) is 10.1 Å². The lowest BCUT2D eigenvalue weighted by Gasteiger charge is -2.39. The van der Waals surface area contributed by atoms with Crippen LogP contribution < -0.4 is 19.1 Å². The molecule has 0 N–H and O–H groups in total. The maximum atomic E-state index is 14.7. The number of fused-ring (bicyclic) bond motifs is 8. The number of carbonyl (C=O) groups is 1. The summed E-state index contributed by atoms with van der Waals surface area (Å²) in [5.74, 6) is 2.02. The van der Waals surface area contributed by atoms with Gasteiger partial charge in [0.25, 0.3) is 0 Å². The number of ether oxygens (including phenoxy) is 4. The van der Waals surface area contributed by atoms with Crippen molar-refractivity contribution in [3.05, 3.63) is 184 Å². The van der Waals surface area contributed by atoms with Gasteiger partial charge in [0.15, 0.2) is 17.1 Å². The van der Waals surface area contributed by atoms with Crippen LogP contribution in [0.5, 0.6) is 17.2 Å². The predicted molar refractivity (Wildman–Crippen MR) is 289 cm³/mol. The van der Waals surface area contributed by atoms with E-state index in [1.54, 1.807) is 14.2 Å². The van der Waals surface area contributed by atoms with Crippen molar-refractivity contribution in [3.8, 4) is 39.5 Å². The van der Waals surface area contributed by atoms with Crippen LogP contribution in [0.25, 0.3) is 39.1 Å². The van der Waals surface area contributed by atoms with Crippen molar-refractivity contribution >= 4 is 28.5 Å². The van der Waals surface area contributed by atoms with E-state index in [2.05, 4.69) is 104 Å². The second kappa shape index (κ2) is 20.1. The molecule has 368 valence electrons. The number of unbranched alkanes of at least 4 members (excludes halogenated alkanes) is 2. The molecule has 7 aromatic carbocycles. The lowest BCUT2D eigenvalue weighted by Crippen LogP contribution is -2.36. The average molecular weight is 960 g/mol. The lowest BCUT2D eigenvalue weighted by molar-refractivity contribution is 0.0219. The van der Waals surface area contributed by atoms with Crippen molar-refractivity contribution in [2.45, 2.75) is 108 Å². The van der Waals surface area contributed by atoms with Gasteiger partial charge in [0.05, 0.1) is 12.7 Å². The third kappa shape index (κ3) is 8.47. The molecule has 4 aliphatic rings. The van der Waals surface area contributed by atoms with E-state index in [4.69, 9.17) is 18.9 Å². The fourth-order valence-electron chi connectivity index (χ4n) is 12.6. The van der Waals surface area contributed by atoms with Gasteiger partial charge in [0.2, 0.25) is 0 Å². The van der Waals surface area contributed by atoms with Gasteiger partial charge >= 0.3 is 5.97 Å². The zero-order valence-corrected chi connectivity index (χ0v) is 42.3. The molecule has 0 radical (unpaired) electrons. The Morgan fingerprint density at radius 3 is 2.07 bits per heavy atom. The number of nitrogens with zero attached hydrogens (tertiary/aromatic N) is 1. The normalized spacial score (nSPS) is 21.2. The minimum Gasteiger partial charge on any atom is -0.493 e. The highest BCUT2D eigenvalue weighted by atomic mass is 19.1. The first kappa shape index (κ1) is 47.6. The van der Waals surface area contributed by atoms with Crippen molar-refractivity contribution in [1.29, 1.82) is 0 Å². The first-order valence-corrected chi connectivity index (χ1v) is 26.6. The molecular formula is C65H66FNO5. The Labute approximate surface area is 424 Å². The molecule has 2 unspecified atom stereocenters. The Morgan fingerprint density at radius 1 is 0.736 bits per heavy atom. The van der Waals surface area contributed by atoms with E-state index in [0.717, 1.165) is 79.9 Å². The van der Waals surface area contributed by atoms with Crippen LogP contribution in [0.15, 0.2) is 140 Å². The van der Waals surface area contributed by atoms with E-state index in [-0.39, 0.29) is 5.82 Å². The summed E-state index contributed by atoms with van der Waals surface area (Å²) in [5, 5.41) is 1.61. The molecule has 2 heterocycles. The molecule has 72 heavy (non-hydrogen) atoms. The third-order valence-corrected chi connectivity index (χ3v) is 16.6. The van der Waals surface area contributed by atoms with Crippen LogP contribution >= 0.6 is 0 Å². The van der Waals surface area contributed by atoms with Gasteiger partial charge in [0, 0.05) is 53.5 Å². The number of carbonyl (C=O) groups excluding carboxylic acids is 1. The third-order valence-electron chi connectivity index (χ3n) is 16.6. The molecule has 1 saturated heterocycles. The zero-order valence-electron chi connectivity index (χ0n) is 42.3. The number of esters is 1. The van der Waals surface area contributed by atoms with E-state index in [9.17, 15) is 9.18 Å². The van der Waals surface area contributed by atoms with E-state index in [1.807, 2.05) is 48.5 Å². The quantitative estimate of drug-likeness (QED) is 0.0615. The predicted octanol–water partition coefficient (Wildman–Crippen LogP) is 16.3. The highest BCUT2D eigenvalue weighted by Gasteiger charge is 2.48. The maximum absolute atomic E-state index is 14.7. The van der Waals surface area contributed by atoms with Gasteiger partial charge in [0.1, 0.15) is 17.2 Å². The van der Waals surface area contributed by atoms with Gasteiger partial charge in [-0.2, -0.15) is 0 Å². The zero-order chi connectivity index (χ0) is 49.4. The molecule has 2 aliphatic carbocycles. The molecule has 0 spiro atoms. The van der Waals surface area contributed by atoms with Gasteiger partial charge < -0.3 is 23.8 Å². The van der Waals surface area contributed by atoms with E-state index < -0.39 is 17.2 Å². The summed E-state index contributed by atoms with van der Waals surface area (Å²) in [4.78, 5) is 16.7. The SMILES string of the molecule is CCCCCC1CCC(c2ccc(-c3ccc(C(=O)Oc4cc5c6c(c7c(c5cc4OC)OC(c4ccc(F)cc4)(c4ccc(N5CCCCC5)cc4)C=C7)C(CC)(OC)c4ccccc4-6)cc3)cc2)CC1. The number of halogens is 1. The second-order valence-electron chi connectivity index (χ2n) is 20.5. The van der Waals surface area contributed by atoms with Crippen LogP contribution in [0.1, 0.15) is 141 Å². The van der Waals surface area contributed by atoms with Gasteiger partial charge in [-0.15, -0.1) is 0 Å². The molecule has 6 nitrogen and oxygen atoms in total. The Hall–Kier alpha value is -6.70. The first-order valence-electron chi connectivity index (χ1n) is 26.6. The molecule has 0 amide bonds. The summed E-state index contributed by atoms with van der Waals surface area (Å²) in [6.07, 6.45) is 19.2. The summed E-state index contributed by atoms with van der Waals surface area (Å²) < 4.78 is 41.4. The highest BCUT2D eigenvalue weighted by Crippen LogP contribution is 2.60. The summed E-state index contributed by atoms with van der Waals surface area (Å²) in [5.41, 5.74) is 9.92. The Balaban J connectivity index is 0.951. The summed E-state index contributed by atoms with van der Waals surface area (Å²) >= 11 is 0. The number of piperidine rings is 1. The largest absolute Gasteiger partial charge is 0.493 e. The summed E-state index contributed by atoms with van der Waals surface area (Å²) in [6.45, 7) is 6.50. The van der Waals surface area contributed by atoms with Gasteiger partial charge in [-0.3, -0.25) is 0 Å². The highest BCUT2D eigenvalue weighted by molar-refractivity contribution is 6.10. The van der Waals surface area contributed by atoms with Crippen LogP contribution in [0.3, 0.4) is 0 Å². The molecule has 7 heteroatoms. The minimum absolute atomic E-state index is 0.292. The Morgan fingerprint density at radius 2 is 1.40 bits per heavy atom. The Kier molecular flexibility index (Phi) is 13.3. The standard InChI is InChI=1S/C65H66FNO5/c1-5-7-9-14-43-17-19-44(20-18-43)45-21-23-46(24-22-45)47-25-27-48(28-26-47)63(68)71-59-41-55-56(42-58(59)69-3)62-54(61-60(55)53-15-10-11-16-57(53)64(61,6-2)70-4)37-38-65(72-62,49-29-33-51(66)34-30-49)50-31-35-52(36-32-50)67-39-12-8-13-40-67/h10-11,15-16,21-38,41-44H,5-9,12-14,17-20,39-40H2,1-4H3. The molecule has 2 atom stereocenters. The monoisotopic (exact) mass is 959 g/mol. The van der Waals surface area contributed by atoms with Gasteiger partial charge in [-0.25, -0.2) is 9.18 Å². The van der Waals surface area contributed by atoms with E-state index in [0.29, 0.717) is 35.2 Å². The van der Waals surface area contributed by atoms with Crippen molar-refractivity contribution in [3.63, 3.8) is 0 Å². The van der Waals surface area contributed by atoms with Crippen molar-refractivity contribution in [2.75, 3.05) is 32.2 Å². The minimum atomic E-state index is -1.13.